The molecule has 1 heterocycles. The van der Waals surface area contributed by atoms with Gasteiger partial charge in [0.15, 0.2) is 0 Å². The Kier molecular flexibility index (Phi) is 4.83. The van der Waals surface area contributed by atoms with Gasteiger partial charge in [-0.2, -0.15) is 0 Å². The molecule has 2 aromatic carbocycles. The second-order valence-corrected chi connectivity index (χ2v) is 5.76. The first-order chi connectivity index (χ1) is 10.8. The van der Waals surface area contributed by atoms with Gasteiger partial charge in [-0.1, -0.05) is 42.5 Å². The summed E-state index contributed by atoms with van der Waals surface area (Å²) < 4.78 is 13.0. The van der Waals surface area contributed by atoms with E-state index in [9.17, 15) is 9.50 Å². The number of benzene rings is 2. The van der Waals surface area contributed by atoms with Gasteiger partial charge in [0.25, 0.3) is 0 Å². The van der Waals surface area contributed by atoms with Gasteiger partial charge < -0.3 is 10.4 Å². The molecule has 2 atom stereocenters. The number of halogens is 1. The van der Waals surface area contributed by atoms with E-state index in [-0.39, 0.29) is 24.5 Å². The van der Waals surface area contributed by atoms with Crippen LogP contribution in [0, 0.1) is 5.82 Å². The summed E-state index contributed by atoms with van der Waals surface area (Å²) in [4.78, 5) is 2.27. The molecule has 0 radical (unpaired) electrons. The van der Waals surface area contributed by atoms with Crippen LogP contribution in [0.15, 0.2) is 54.6 Å². The lowest BCUT2D eigenvalue weighted by molar-refractivity contribution is 0.0744. The third kappa shape index (κ3) is 3.53. The predicted octanol–water partition coefficient (Wildman–Crippen LogP) is 2.33. The topological polar surface area (TPSA) is 35.5 Å². The van der Waals surface area contributed by atoms with Crippen LogP contribution < -0.4 is 5.32 Å². The highest BCUT2D eigenvalue weighted by atomic mass is 19.1. The normalized spacial score (nSPS) is 22.6. The maximum absolute atomic E-state index is 13.0. The quantitative estimate of drug-likeness (QED) is 0.910. The van der Waals surface area contributed by atoms with Crippen molar-refractivity contribution in [3.8, 4) is 0 Å². The van der Waals surface area contributed by atoms with Crippen molar-refractivity contribution in [1.29, 1.82) is 0 Å². The largest absolute Gasteiger partial charge is 0.395 e. The van der Waals surface area contributed by atoms with E-state index in [2.05, 4.69) is 22.3 Å². The maximum Gasteiger partial charge on any atom is 0.123 e. The van der Waals surface area contributed by atoms with Gasteiger partial charge in [0, 0.05) is 31.7 Å². The summed E-state index contributed by atoms with van der Waals surface area (Å²) in [6, 6.07) is 17.3. The standard InChI is InChI=1S/C18H21FN2O/c19-16-8-6-14(7-9-16)11-21-12-18(20-10-17(21)13-22)15-4-2-1-3-5-15/h1-9,17-18,20,22H,10-13H2. The molecule has 0 aliphatic carbocycles. The highest BCUT2D eigenvalue weighted by molar-refractivity contribution is 5.21. The molecule has 2 unspecified atom stereocenters. The third-order valence-electron chi connectivity index (χ3n) is 4.24. The fraction of sp³-hybridized carbons (Fsp3) is 0.333. The van der Waals surface area contributed by atoms with Crippen molar-refractivity contribution < 1.29 is 9.50 Å². The van der Waals surface area contributed by atoms with Crippen LogP contribution in [0.5, 0.6) is 0 Å². The molecule has 0 spiro atoms. The van der Waals surface area contributed by atoms with E-state index in [1.807, 2.05) is 30.3 Å². The second kappa shape index (κ2) is 7.01. The summed E-state index contributed by atoms with van der Waals surface area (Å²) in [5.41, 5.74) is 2.32. The fourth-order valence-corrected chi connectivity index (χ4v) is 2.96. The summed E-state index contributed by atoms with van der Waals surface area (Å²) in [5, 5.41) is 13.1. The molecule has 1 saturated heterocycles. The molecule has 1 aliphatic heterocycles. The first-order valence-electron chi connectivity index (χ1n) is 7.64. The van der Waals surface area contributed by atoms with E-state index in [4.69, 9.17) is 0 Å². The number of hydrogen-bond acceptors (Lipinski definition) is 3. The Hall–Kier alpha value is -1.75. The monoisotopic (exact) mass is 300 g/mol. The molecule has 2 aromatic rings. The molecule has 2 N–H and O–H groups in total. The van der Waals surface area contributed by atoms with E-state index < -0.39 is 0 Å². The van der Waals surface area contributed by atoms with E-state index in [1.54, 1.807) is 0 Å². The molecule has 3 nitrogen and oxygen atoms in total. The molecule has 116 valence electrons. The van der Waals surface area contributed by atoms with Crippen molar-refractivity contribution in [2.75, 3.05) is 19.7 Å². The van der Waals surface area contributed by atoms with Gasteiger partial charge in [-0.05, 0) is 23.3 Å². The molecular formula is C18H21FN2O. The number of piperazine rings is 1. The van der Waals surface area contributed by atoms with Crippen LogP contribution in [0.1, 0.15) is 17.2 Å². The molecule has 4 heteroatoms. The summed E-state index contributed by atoms with van der Waals surface area (Å²) in [6.07, 6.45) is 0. The number of hydrogen-bond donors (Lipinski definition) is 2. The average Bonchev–Trinajstić information content (AvgIpc) is 2.58. The van der Waals surface area contributed by atoms with Crippen molar-refractivity contribution in [3.05, 3.63) is 71.5 Å². The third-order valence-corrected chi connectivity index (χ3v) is 4.24. The molecule has 0 aromatic heterocycles. The Morgan fingerprint density at radius 3 is 2.50 bits per heavy atom. The average molecular weight is 300 g/mol. The van der Waals surface area contributed by atoms with E-state index in [1.165, 1.54) is 17.7 Å². The SMILES string of the molecule is OCC1CNC(c2ccccc2)CN1Cc1ccc(F)cc1. The highest BCUT2D eigenvalue weighted by Crippen LogP contribution is 2.21. The minimum Gasteiger partial charge on any atom is -0.395 e. The van der Waals surface area contributed by atoms with Crippen LogP contribution in [-0.4, -0.2) is 35.7 Å². The Morgan fingerprint density at radius 2 is 1.82 bits per heavy atom. The van der Waals surface area contributed by atoms with Crippen LogP contribution in [0.4, 0.5) is 4.39 Å². The minimum absolute atomic E-state index is 0.0880. The minimum atomic E-state index is -0.218. The van der Waals surface area contributed by atoms with Gasteiger partial charge in [0.2, 0.25) is 0 Å². The van der Waals surface area contributed by atoms with Gasteiger partial charge in [0.1, 0.15) is 5.82 Å². The number of nitrogens with one attached hydrogen (secondary N) is 1. The number of aliphatic hydroxyl groups is 1. The Labute approximate surface area is 130 Å². The number of aliphatic hydroxyl groups excluding tert-OH is 1. The van der Waals surface area contributed by atoms with Crippen molar-refractivity contribution in [3.63, 3.8) is 0 Å². The molecule has 1 fully saturated rings. The summed E-state index contributed by atoms with van der Waals surface area (Å²) >= 11 is 0. The smallest absolute Gasteiger partial charge is 0.123 e. The van der Waals surface area contributed by atoms with Crippen LogP contribution >= 0.6 is 0 Å². The Bertz CT molecular complexity index is 588. The Balaban J connectivity index is 1.73. The molecule has 3 rings (SSSR count). The first-order valence-corrected chi connectivity index (χ1v) is 7.64. The summed E-state index contributed by atoms with van der Waals surface area (Å²) in [6.45, 7) is 2.41. The molecular weight excluding hydrogens is 279 g/mol. The van der Waals surface area contributed by atoms with Crippen LogP contribution in [0.2, 0.25) is 0 Å². The first kappa shape index (κ1) is 15.2. The summed E-state index contributed by atoms with van der Waals surface area (Å²) in [7, 11) is 0. The van der Waals surface area contributed by atoms with E-state index in [0.717, 1.165) is 25.2 Å². The van der Waals surface area contributed by atoms with Crippen LogP contribution in [0.25, 0.3) is 0 Å². The zero-order valence-electron chi connectivity index (χ0n) is 12.5. The van der Waals surface area contributed by atoms with E-state index in [0.29, 0.717) is 0 Å². The highest BCUT2D eigenvalue weighted by Gasteiger charge is 2.28. The lowest BCUT2D eigenvalue weighted by atomic mass is 10.0. The van der Waals surface area contributed by atoms with Gasteiger partial charge in [0.05, 0.1) is 6.61 Å². The van der Waals surface area contributed by atoms with Crippen LogP contribution in [-0.2, 0) is 6.54 Å². The Morgan fingerprint density at radius 1 is 1.09 bits per heavy atom. The number of rotatable bonds is 4. The number of nitrogens with zero attached hydrogens (tertiary/aromatic N) is 1. The molecule has 22 heavy (non-hydrogen) atoms. The second-order valence-electron chi connectivity index (χ2n) is 5.76. The maximum atomic E-state index is 13.0. The van der Waals surface area contributed by atoms with E-state index >= 15 is 0 Å². The lowest BCUT2D eigenvalue weighted by Gasteiger charge is -2.40. The summed E-state index contributed by atoms with van der Waals surface area (Å²) in [5.74, 6) is -0.218. The fourth-order valence-electron chi connectivity index (χ4n) is 2.96. The van der Waals surface area contributed by atoms with Crippen molar-refractivity contribution in [1.82, 2.24) is 10.2 Å². The lowest BCUT2D eigenvalue weighted by Crippen LogP contribution is -2.53. The predicted molar refractivity (Wildman–Crippen MR) is 84.9 cm³/mol. The van der Waals surface area contributed by atoms with Gasteiger partial charge in [-0.25, -0.2) is 4.39 Å². The van der Waals surface area contributed by atoms with Gasteiger partial charge >= 0.3 is 0 Å². The van der Waals surface area contributed by atoms with Crippen LogP contribution in [0.3, 0.4) is 0 Å². The van der Waals surface area contributed by atoms with Crippen molar-refractivity contribution >= 4 is 0 Å². The molecule has 0 amide bonds. The molecule has 0 bridgehead atoms. The zero-order chi connectivity index (χ0) is 15.4. The van der Waals surface area contributed by atoms with Crippen molar-refractivity contribution in [2.45, 2.75) is 18.6 Å². The van der Waals surface area contributed by atoms with Crippen molar-refractivity contribution in [2.24, 2.45) is 0 Å². The zero-order valence-corrected chi connectivity index (χ0v) is 12.5. The molecule has 0 saturated carbocycles. The van der Waals surface area contributed by atoms with Gasteiger partial charge in [-0.15, -0.1) is 0 Å². The van der Waals surface area contributed by atoms with Gasteiger partial charge in [-0.3, -0.25) is 4.90 Å². The molecule has 1 aliphatic rings.